The van der Waals surface area contributed by atoms with Crippen LogP contribution in [0.1, 0.15) is 41.3 Å². The molecule has 0 unspecified atom stereocenters. The third-order valence-corrected chi connectivity index (χ3v) is 3.33. The Labute approximate surface area is 107 Å². The standard InChI is InChI=1S/C15H18N2O/c1-11-8-15(18-17-11)10-16-9-12-2-4-13(5-3-12)14-6-7-14/h2-5,8,14,16H,6-7,9-10H2,1H3. The molecular formula is C15H18N2O. The summed E-state index contributed by atoms with van der Waals surface area (Å²) < 4.78 is 5.15. The average Bonchev–Trinajstić information content (AvgIpc) is 3.15. The van der Waals surface area contributed by atoms with Gasteiger partial charge in [0.05, 0.1) is 12.2 Å². The molecule has 0 spiro atoms. The van der Waals surface area contributed by atoms with Gasteiger partial charge in [-0.2, -0.15) is 0 Å². The van der Waals surface area contributed by atoms with Gasteiger partial charge >= 0.3 is 0 Å². The Kier molecular flexibility index (Phi) is 3.15. The van der Waals surface area contributed by atoms with Crippen LogP contribution < -0.4 is 5.32 Å². The highest BCUT2D eigenvalue weighted by Crippen LogP contribution is 2.39. The van der Waals surface area contributed by atoms with Gasteiger partial charge in [0.2, 0.25) is 0 Å². The highest BCUT2D eigenvalue weighted by molar-refractivity contribution is 5.27. The summed E-state index contributed by atoms with van der Waals surface area (Å²) >= 11 is 0. The SMILES string of the molecule is Cc1cc(CNCc2ccc(C3CC3)cc2)on1. The van der Waals surface area contributed by atoms with Gasteiger partial charge < -0.3 is 9.84 Å². The van der Waals surface area contributed by atoms with Crippen molar-refractivity contribution in [2.24, 2.45) is 0 Å². The van der Waals surface area contributed by atoms with E-state index in [2.05, 4.69) is 34.7 Å². The van der Waals surface area contributed by atoms with Gasteiger partial charge in [0.25, 0.3) is 0 Å². The molecule has 1 N–H and O–H groups in total. The molecule has 1 heterocycles. The largest absolute Gasteiger partial charge is 0.360 e. The maximum absolute atomic E-state index is 5.15. The molecule has 18 heavy (non-hydrogen) atoms. The quantitative estimate of drug-likeness (QED) is 0.875. The first-order chi connectivity index (χ1) is 8.81. The molecule has 0 aliphatic heterocycles. The monoisotopic (exact) mass is 242 g/mol. The number of hydrogen-bond acceptors (Lipinski definition) is 3. The van der Waals surface area contributed by atoms with E-state index in [1.165, 1.54) is 24.0 Å². The number of aromatic nitrogens is 1. The summed E-state index contributed by atoms with van der Waals surface area (Å²) in [5.41, 5.74) is 3.74. The number of aryl methyl sites for hydroxylation is 1. The maximum atomic E-state index is 5.15. The molecule has 0 amide bonds. The van der Waals surface area contributed by atoms with E-state index < -0.39 is 0 Å². The summed E-state index contributed by atoms with van der Waals surface area (Å²) in [5, 5.41) is 7.23. The van der Waals surface area contributed by atoms with Crippen molar-refractivity contribution in [3.8, 4) is 0 Å². The topological polar surface area (TPSA) is 38.1 Å². The van der Waals surface area contributed by atoms with E-state index >= 15 is 0 Å². The van der Waals surface area contributed by atoms with E-state index in [4.69, 9.17) is 4.52 Å². The normalized spacial score (nSPS) is 14.9. The van der Waals surface area contributed by atoms with E-state index in [9.17, 15) is 0 Å². The Morgan fingerprint density at radius 3 is 2.61 bits per heavy atom. The van der Waals surface area contributed by atoms with Crippen LogP contribution in [-0.2, 0) is 13.1 Å². The molecule has 0 saturated heterocycles. The van der Waals surface area contributed by atoms with E-state index in [0.717, 1.165) is 30.5 Å². The lowest BCUT2D eigenvalue weighted by Crippen LogP contribution is -2.12. The Morgan fingerprint density at radius 2 is 2.00 bits per heavy atom. The van der Waals surface area contributed by atoms with Crippen LogP contribution >= 0.6 is 0 Å². The van der Waals surface area contributed by atoms with Crippen LogP contribution in [0.25, 0.3) is 0 Å². The van der Waals surface area contributed by atoms with Gasteiger partial charge in [0, 0.05) is 12.6 Å². The molecule has 3 rings (SSSR count). The number of hydrogen-bond donors (Lipinski definition) is 1. The van der Waals surface area contributed by atoms with Crippen molar-refractivity contribution < 1.29 is 4.52 Å². The maximum Gasteiger partial charge on any atom is 0.150 e. The van der Waals surface area contributed by atoms with Crippen LogP contribution in [0.4, 0.5) is 0 Å². The first-order valence-electron chi connectivity index (χ1n) is 6.53. The van der Waals surface area contributed by atoms with Crippen molar-refractivity contribution in [1.82, 2.24) is 10.5 Å². The Hall–Kier alpha value is -1.61. The molecule has 94 valence electrons. The van der Waals surface area contributed by atoms with Crippen molar-refractivity contribution in [3.63, 3.8) is 0 Å². The third-order valence-electron chi connectivity index (χ3n) is 3.33. The van der Waals surface area contributed by atoms with Gasteiger partial charge in [-0.15, -0.1) is 0 Å². The van der Waals surface area contributed by atoms with Crippen LogP contribution in [0.3, 0.4) is 0 Å². The zero-order chi connectivity index (χ0) is 12.4. The summed E-state index contributed by atoms with van der Waals surface area (Å²) in [4.78, 5) is 0. The zero-order valence-electron chi connectivity index (χ0n) is 10.6. The molecular weight excluding hydrogens is 224 g/mol. The number of nitrogens with zero attached hydrogens (tertiary/aromatic N) is 1. The van der Waals surface area contributed by atoms with Crippen LogP contribution in [-0.4, -0.2) is 5.16 Å². The number of nitrogens with one attached hydrogen (secondary N) is 1. The third kappa shape index (κ3) is 2.79. The minimum absolute atomic E-state index is 0.727. The summed E-state index contributed by atoms with van der Waals surface area (Å²) in [6.07, 6.45) is 2.73. The Bertz CT molecular complexity index is 512. The highest BCUT2D eigenvalue weighted by Gasteiger charge is 2.22. The van der Waals surface area contributed by atoms with Crippen molar-refractivity contribution in [1.29, 1.82) is 0 Å². The molecule has 3 nitrogen and oxygen atoms in total. The van der Waals surface area contributed by atoms with Crippen LogP contribution in [0.15, 0.2) is 34.9 Å². The van der Waals surface area contributed by atoms with Crippen LogP contribution in [0, 0.1) is 6.92 Å². The van der Waals surface area contributed by atoms with Crippen LogP contribution in [0.5, 0.6) is 0 Å². The molecule has 1 aliphatic carbocycles. The molecule has 0 atom stereocenters. The van der Waals surface area contributed by atoms with E-state index in [-0.39, 0.29) is 0 Å². The van der Waals surface area contributed by atoms with Gasteiger partial charge in [-0.3, -0.25) is 0 Å². The molecule has 1 saturated carbocycles. The first kappa shape index (κ1) is 11.5. The lowest BCUT2D eigenvalue weighted by atomic mass is 10.1. The summed E-state index contributed by atoms with van der Waals surface area (Å²) in [7, 11) is 0. The lowest BCUT2D eigenvalue weighted by molar-refractivity contribution is 0.369. The molecule has 1 aromatic heterocycles. The predicted molar refractivity (Wildman–Crippen MR) is 70.2 cm³/mol. The fourth-order valence-electron chi connectivity index (χ4n) is 2.15. The van der Waals surface area contributed by atoms with Gasteiger partial charge in [-0.05, 0) is 36.8 Å². The lowest BCUT2D eigenvalue weighted by Gasteiger charge is -2.04. The second kappa shape index (κ2) is 4.94. The van der Waals surface area contributed by atoms with E-state index in [1.807, 2.05) is 13.0 Å². The van der Waals surface area contributed by atoms with Gasteiger partial charge in [-0.1, -0.05) is 29.4 Å². The fourth-order valence-corrected chi connectivity index (χ4v) is 2.15. The van der Waals surface area contributed by atoms with Crippen molar-refractivity contribution in [3.05, 3.63) is 52.9 Å². The Balaban J connectivity index is 1.50. The summed E-state index contributed by atoms with van der Waals surface area (Å²) in [6, 6.07) is 10.9. The molecule has 2 aromatic rings. The van der Waals surface area contributed by atoms with Gasteiger partial charge in [0.1, 0.15) is 0 Å². The van der Waals surface area contributed by atoms with E-state index in [1.54, 1.807) is 0 Å². The average molecular weight is 242 g/mol. The molecule has 3 heteroatoms. The summed E-state index contributed by atoms with van der Waals surface area (Å²) in [6.45, 7) is 3.53. The summed E-state index contributed by atoms with van der Waals surface area (Å²) in [5.74, 6) is 1.73. The predicted octanol–water partition coefficient (Wildman–Crippen LogP) is 3.15. The minimum Gasteiger partial charge on any atom is -0.360 e. The Morgan fingerprint density at radius 1 is 1.22 bits per heavy atom. The van der Waals surface area contributed by atoms with Crippen molar-refractivity contribution in [2.45, 2.75) is 38.8 Å². The minimum atomic E-state index is 0.727. The smallest absolute Gasteiger partial charge is 0.150 e. The second-order valence-electron chi connectivity index (χ2n) is 5.05. The molecule has 1 fully saturated rings. The number of benzene rings is 1. The van der Waals surface area contributed by atoms with Gasteiger partial charge in [-0.25, -0.2) is 0 Å². The number of rotatable bonds is 5. The van der Waals surface area contributed by atoms with Crippen molar-refractivity contribution >= 4 is 0 Å². The highest BCUT2D eigenvalue weighted by atomic mass is 16.5. The van der Waals surface area contributed by atoms with Crippen molar-refractivity contribution in [2.75, 3.05) is 0 Å². The first-order valence-corrected chi connectivity index (χ1v) is 6.53. The fraction of sp³-hybridized carbons (Fsp3) is 0.400. The molecule has 1 aromatic carbocycles. The van der Waals surface area contributed by atoms with E-state index in [0.29, 0.717) is 0 Å². The van der Waals surface area contributed by atoms with Gasteiger partial charge in [0.15, 0.2) is 5.76 Å². The van der Waals surface area contributed by atoms with Crippen LogP contribution in [0.2, 0.25) is 0 Å². The second-order valence-corrected chi connectivity index (χ2v) is 5.05. The molecule has 0 bridgehead atoms. The molecule has 1 aliphatic rings. The molecule has 0 radical (unpaired) electrons. The zero-order valence-corrected chi connectivity index (χ0v) is 10.6.